The van der Waals surface area contributed by atoms with E-state index >= 15 is 0 Å². The average molecular weight is 212 g/mol. The Morgan fingerprint density at radius 3 is 2.93 bits per heavy atom. The lowest BCUT2D eigenvalue weighted by molar-refractivity contribution is 0.114. The summed E-state index contributed by atoms with van der Waals surface area (Å²) in [6.07, 6.45) is 0.788. The highest BCUT2D eigenvalue weighted by atomic mass is 19.1. The maximum absolute atomic E-state index is 12.8. The topological polar surface area (TPSA) is 29.5 Å². The van der Waals surface area contributed by atoms with E-state index in [1.807, 2.05) is 6.92 Å². The molecule has 1 aromatic carbocycles. The first-order chi connectivity index (χ1) is 7.24. The Balaban J connectivity index is 2.36. The maximum Gasteiger partial charge on any atom is 0.123 e. The van der Waals surface area contributed by atoms with Gasteiger partial charge in [-0.1, -0.05) is 12.1 Å². The van der Waals surface area contributed by atoms with Gasteiger partial charge in [0.25, 0.3) is 0 Å². The summed E-state index contributed by atoms with van der Waals surface area (Å²) in [4.78, 5) is 0. The van der Waals surface area contributed by atoms with E-state index in [1.54, 1.807) is 12.1 Å². The van der Waals surface area contributed by atoms with Gasteiger partial charge in [0.05, 0.1) is 6.10 Å². The maximum atomic E-state index is 12.8. The van der Waals surface area contributed by atoms with Crippen molar-refractivity contribution >= 4 is 0 Å². The van der Waals surface area contributed by atoms with Crippen LogP contribution in [0.5, 0.6) is 0 Å². The molecule has 1 rings (SSSR count). The highest BCUT2D eigenvalue weighted by Crippen LogP contribution is 2.18. The monoisotopic (exact) mass is 212 g/mol. The first-order valence-electron chi connectivity index (χ1n) is 5.25. The molecule has 84 valence electrons. The number of halogens is 1. The molecule has 0 fully saturated rings. The number of ether oxygens (including phenoxy) is 1. The number of hydrogen-bond acceptors (Lipinski definition) is 2. The van der Waals surface area contributed by atoms with Gasteiger partial charge in [0.1, 0.15) is 5.82 Å². The Labute approximate surface area is 89.7 Å². The van der Waals surface area contributed by atoms with Gasteiger partial charge < -0.3 is 9.84 Å². The zero-order chi connectivity index (χ0) is 11.1. The van der Waals surface area contributed by atoms with Crippen LogP contribution in [0.25, 0.3) is 0 Å². The fourth-order valence-electron chi connectivity index (χ4n) is 1.40. The van der Waals surface area contributed by atoms with Gasteiger partial charge in [-0.3, -0.25) is 0 Å². The molecule has 1 aromatic rings. The van der Waals surface area contributed by atoms with E-state index < -0.39 is 6.10 Å². The minimum Gasteiger partial charge on any atom is -0.388 e. The average Bonchev–Trinajstić information content (AvgIpc) is 2.24. The minimum atomic E-state index is -0.596. The molecule has 2 nitrogen and oxygen atoms in total. The van der Waals surface area contributed by atoms with Gasteiger partial charge >= 0.3 is 0 Å². The lowest BCUT2D eigenvalue weighted by Crippen LogP contribution is -2.01. The van der Waals surface area contributed by atoms with Gasteiger partial charge in [-0.25, -0.2) is 4.39 Å². The molecule has 0 aliphatic rings. The van der Waals surface area contributed by atoms with Gasteiger partial charge in [0.15, 0.2) is 0 Å². The molecule has 0 aromatic heterocycles. The Bertz CT molecular complexity index is 289. The summed E-state index contributed by atoms with van der Waals surface area (Å²) in [5.41, 5.74) is 0.631. The van der Waals surface area contributed by atoms with Crippen LogP contribution in [-0.4, -0.2) is 18.3 Å². The standard InChI is InChI=1S/C12H17FO2/c1-2-15-8-4-7-12(14)10-5-3-6-11(13)9-10/h3,5-6,9,12,14H,2,4,7-8H2,1H3. The minimum absolute atomic E-state index is 0.309. The molecule has 1 N–H and O–H groups in total. The third-order valence-electron chi connectivity index (χ3n) is 2.20. The highest BCUT2D eigenvalue weighted by Gasteiger charge is 2.07. The van der Waals surface area contributed by atoms with Crippen molar-refractivity contribution in [3.63, 3.8) is 0 Å². The van der Waals surface area contributed by atoms with E-state index in [0.29, 0.717) is 25.2 Å². The Morgan fingerprint density at radius 1 is 1.47 bits per heavy atom. The fourth-order valence-corrected chi connectivity index (χ4v) is 1.40. The van der Waals surface area contributed by atoms with Crippen LogP contribution in [-0.2, 0) is 4.74 Å². The van der Waals surface area contributed by atoms with E-state index in [-0.39, 0.29) is 5.82 Å². The Kier molecular flexibility index (Phi) is 5.29. The normalized spacial score (nSPS) is 12.7. The number of benzene rings is 1. The van der Waals surface area contributed by atoms with Crippen molar-refractivity contribution in [1.82, 2.24) is 0 Å². The van der Waals surface area contributed by atoms with Crippen LogP contribution in [0.1, 0.15) is 31.4 Å². The van der Waals surface area contributed by atoms with Crippen LogP contribution < -0.4 is 0 Å². The molecule has 1 unspecified atom stereocenters. The summed E-state index contributed by atoms with van der Waals surface area (Å²) >= 11 is 0. The van der Waals surface area contributed by atoms with Crippen LogP contribution in [0.2, 0.25) is 0 Å². The van der Waals surface area contributed by atoms with Crippen molar-refractivity contribution in [2.24, 2.45) is 0 Å². The summed E-state index contributed by atoms with van der Waals surface area (Å²) in [6, 6.07) is 6.08. The van der Waals surface area contributed by atoms with Crippen LogP contribution in [0.4, 0.5) is 4.39 Å². The van der Waals surface area contributed by atoms with Crippen molar-refractivity contribution in [1.29, 1.82) is 0 Å². The first kappa shape index (κ1) is 12.1. The SMILES string of the molecule is CCOCCCC(O)c1cccc(F)c1. The first-order valence-corrected chi connectivity index (χ1v) is 5.25. The van der Waals surface area contributed by atoms with E-state index in [4.69, 9.17) is 4.74 Å². The third-order valence-corrected chi connectivity index (χ3v) is 2.20. The molecule has 1 atom stereocenters. The number of aliphatic hydroxyl groups is 1. The van der Waals surface area contributed by atoms with E-state index in [0.717, 1.165) is 6.42 Å². The number of rotatable bonds is 6. The highest BCUT2D eigenvalue weighted by molar-refractivity contribution is 5.18. The Morgan fingerprint density at radius 2 is 2.27 bits per heavy atom. The lowest BCUT2D eigenvalue weighted by atomic mass is 10.1. The largest absolute Gasteiger partial charge is 0.388 e. The van der Waals surface area contributed by atoms with Gasteiger partial charge in [-0.05, 0) is 37.5 Å². The van der Waals surface area contributed by atoms with Crippen LogP contribution >= 0.6 is 0 Å². The molecular formula is C12H17FO2. The second kappa shape index (κ2) is 6.53. The van der Waals surface area contributed by atoms with E-state index in [2.05, 4.69) is 0 Å². The van der Waals surface area contributed by atoms with Gasteiger partial charge in [0.2, 0.25) is 0 Å². The van der Waals surface area contributed by atoms with Crippen molar-refractivity contribution in [3.8, 4) is 0 Å². The molecule has 0 saturated carbocycles. The summed E-state index contributed by atoms with van der Waals surface area (Å²) < 4.78 is 18.0. The molecular weight excluding hydrogens is 195 g/mol. The van der Waals surface area contributed by atoms with Crippen molar-refractivity contribution < 1.29 is 14.2 Å². The smallest absolute Gasteiger partial charge is 0.123 e. The molecule has 0 heterocycles. The Hall–Kier alpha value is -0.930. The van der Waals surface area contributed by atoms with Gasteiger partial charge in [0, 0.05) is 13.2 Å². The predicted octanol–water partition coefficient (Wildman–Crippen LogP) is 2.68. The number of aliphatic hydroxyl groups excluding tert-OH is 1. The second-order valence-corrected chi connectivity index (χ2v) is 3.41. The summed E-state index contributed by atoms with van der Waals surface area (Å²) in [5, 5.41) is 9.72. The van der Waals surface area contributed by atoms with Gasteiger partial charge in [-0.15, -0.1) is 0 Å². The second-order valence-electron chi connectivity index (χ2n) is 3.41. The predicted molar refractivity (Wildman–Crippen MR) is 57.1 cm³/mol. The molecule has 0 aliphatic carbocycles. The van der Waals surface area contributed by atoms with Crippen molar-refractivity contribution in [2.75, 3.05) is 13.2 Å². The molecule has 0 aliphatic heterocycles. The zero-order valence-corrected chi connectivity index (χ0v) is 8.95. The number of hydrogen-bond donors (Lipinski definition) is 1. The fraction of sp³-hybridized carbons (Fsp3) is 0.500. The van der Waals surface area contributed by atoms with E-state index in [1.165, 1.54) is 12.1 Å². The lowest BCUT2D eigenvalue weighted by Gasteiger charge is -2.10. The molecule has 0 spiro atoms. The summed E-state index contributed by atoms with van der Waals surface area (Å²) in [5.74, 6) is -0.309. The summed E-state index contributed by atoms with van der Waals surface area (Å²) in [7, 11) is 0. The van der Waals surface area contributed by atoms with Crippen molar-refractivity contribution in [3.05, 3.63) is 35.6 Å². The molecule has 0 amide bonds. The molecule has 0 radical (unpaired) electrons. The van der Waals surface area contributed by atoms with E-state index in [9.17, 15) is 9.50 Å². The third kappa shape index (κ3) is 4.40. The van der Waals surface area contributed by atoms with Gasteiger partial charge in [-0.2, -0.15) is 0 Å². The molecule has 0 bridgehead atoms. The molecule has 0 saturated heterocycles. The van der Waals surface area contributed by atoms with Crippen LogP contribution in [0.15, 0.2) is 24.3 Å². The van der Waals surface area contributed by atoms with Crippen molar-refractivity contribution in [2.45, 2.75) is 25.9 Å². The van der Waals surface area contributed by atoms with Crippen LogP contribution in [0, 0.1) is 5.82 Å². The summed E-state index contributed by atoms with van der Waals surface area (Å²) in [6.45, 7) is 3.27. The molecule has 15 heavy (non-hydrogen) atoms. The van der Waals surface area contributed by atoms with Crippen LogP contribution in [0.3, 0.4) is 0 Å². The zero-order valence-electron chi connectivity index (χ0n) is 8.95. The molecule has 3 heteroatoms. The quantitative estimate of drug-likeness (QED) is 0.734.